The van der Waals surface area contributed by atoms with Crippen molar-refractivity contribution in [1.29, 1.82) is 0 Å². The molecule has 0 spiro atoms. The van der Waals surface area contributed by atoms with Crippen molar-refractivity contribution in [2.45, 2.75) is 26.4 Å². The van der Waals surface area contributed by atoms with Crippen molar-refractivity contribution < 1.29 is 9.47 Å². The molecule has 0 aromatic carbocycles. The van der Waals surface area contributed by atoms with Crippen LogP contribution in [-0.2, 0) is 9.47 Å². The molecule has 1 unspecified atom stereocenters. The summed E-state index contributed by atoms with van der Waals surface area (Å²) < 4.78 is 10.5. The van der Waals surface area contributed by atoms with Crippen LogP contribution in [0.2, 0.25) is 0 Å². The molecule has 1 atom stereocenters. The molecular weight excluding hydrogens is 142 g/mol. The Morgan fingerprint density at radius 2 is 2.18 bits per heavy atom. The first-order valence-corrected chi connectivity index (χ1v) is 4.20. The second kappa shape index (κ2) is 7.98. The third-order valence-electron chi connectivity index (χ3n) is 1.31. The van der Waals surface area contributed by atoms with Gasteiger partial charge in [-0.15, -0.1) is 0 Å². The van der Waals surface area contributed by atoms with Gasteiger partial charge in [-0.25, -0.2) is 0 Å². The zero-order chi connectivity index (χ0) is 8.53. The number of rotatable bonds is 7. The summed E-state index contributed by atoms with van der Waals surface area (Å²) in [6, 6.07) is 0. The Balaban J connectivity index is 3.02. The quantitative estimate of drug-likeness (QED) is 0.561. The third-order valence-corrected chi connectivity index (χ3v) is 1.31. The Bertz CT molecular complexity index is 78.5. The lowest BCUT2D eigenvalue weighted by molar-refractivity contribution is -0.00346. The van der Waals surface area contributed by atoms with Crippen molar-refractivity contribution in [3.8, 4) is 0 Å². The highest BCUT2D eigenvalue weighted by Crippen LogP contribution is 1.92. The van der Waals surface area contributed by atoms with Gasteiger partial charge >= 0.3 is 0 Å². The molecule has 0 aromatic rings. The van der Waals surface area contributed by atoms with Crippen molar-refractivity contribution in [1.82, 2.24) is 0 Å². The van der Waals surface area contributed by atoms with E-state index in [-0.39, 0.29) is 6.10 Å². The van der Waals surface area contributed by atoms with E-state index in [1.807, 2.05) is 13.8 Å². The van der Waals surface area contributed by atoms with Gasteiger partial charge in [0, 0.05) is 13.2 Å². The summed E-state index contributed by atoms with van der Waals surface area (Å²) in [5.74, 6) is 0. The lowest BCUT2D eigenvalue weighted by Gasteiger charge is -2.11. The van der Waals surface area contributed by atoms with E-state index in [0.29, 0.717) is 13.2 Å². The fourth-order valence-corrected chi connectivity index (χ4v) is 0.700. The predicted octanol–water partition coefficient (Wildman–Crippen LogP) is 0.777. The molecule has 0 aromatic heterocycles. The molecule has 2 N–H and O–H groups in total. The first-order chi connectivity index (χ1) is 5.31. The fourth-order valence-electron chi connectivity index (χ4n) is 0.700. The molecule has 0 aliphatic heterocycles. The minimum Gasteiger partial charge on any atom is -0.379 e. The maximum atomic E-state index is 5.38. The van der Waals surface area contributed by atoms with E-state index in [9.17, 15) is 0 Å². The summed E-state index contributed by atoms with van der Waals surface area (Å²) in [5.41, 5.74) is 5.30. The lowest BCUT2D eigenvalue weighted by Crippen LogP contribution is -2.17. The van der Waals surface area contributed by atoms with Crippen LogP contribution >= 0.6 is 0 Å². The normalized spacial score (nSPS) is 13.4. The highest BCUT2D eigenvalue weighted by molar-refractivity contribution is 4.47. The monoisotopic (exact) mass is 161 g/mol. The summed E-state index contributed by atoms with van der Waals surface area (Å²) in [5, 5.41) is 0. The number of ether oxygens (including phenoxy) is 2. The first kappa shape index (κ1) is 10.9. The van der Waals surface area contributed by atoms with Crippen LogP contribution in [0.4, 0.5) is 0 Å². The number of nitrogens with two attached hydrogens (primary N) is 1. The van der Waals surface area contributed by atoms with E-state index < -0.39 is 0 Å². The van der Waals surface area contributed by atoms with Gasteiger partial charge in [0.05, 0.1) is 12.7 Å². The molecule has 68 valence electrons. The van der Waals surface area contributed by atoms with Crippen LogP contribution in [0.1, 0.15) is 20.3 Å². The Hall–Kier alpha value is -0.120. The molecule has 11 heavy (non-hydrogen) atoms. The highest BCUT2D eigenvalue weighted by Gasteiger charge is 1.99. The average molecular weight is 161 g/mol. The molecule has 0 saturated carbocycles. The predicted molar refractivity (Wildman–Crippen MR) is 45.6 cm³/mol. The fraction of sp³-hybridized carbons (Fsp3) is 1.00. The zero-order valence-electron chi connectivity index (χ0n) is 7.51. The summed E-state index contributed by atoms with van der Waals surface area (Å²) in [4.78, 5) is 0. The van der Waals surface area contributed by atoms with E-state index in [2.05, 4.69) is 0 Å². The summed E-state index contributed by atoms with van der Waals surface area (Å²) >= 11 is 0. The van der Waals surface area contributed by atoms with Crippen molar-refractivity contribution in [2.24, 2.45) is 5.73 Å². The molecule has 3 nitrogen and oxygen atoms in total. The minimum absolute atomic E-state index is 0.196. The van der Waals surface area contributed by atoms with Gasteiger partial charge in [0.25, 0.3) is 0 Å². The smallest absolute Gasteiger partial charge is 0.0780 e. The molecule has 0 aliphatic rings. The Kier molecular flexibility index (Phi) is 7.89. The maximum Gasteiger partial charge on any atom is 0.0780 e. The summed E-state index contributed by atoms with van der Waals surface area (Å²) in [7, 11) is 0. The molecule has 0 bridgehead atoms. The molecule has 0 heterocycles. The van der Waals surface area contributed by atoms with Gasteiger partial charge in [0.15, 0.2) is 0 Å². The Labute approximate surface area is 68.9 Å². The van der Waals surface area contributed by atoms with Gasteiger partial charge in [0.1, 0.15) is 0 Å². The zero-order valence-corrected chi connectivity index (χ0v) is 7.51. The second-order valence-electron chi connectivity index (χ2n) is 2.48. The molecule has 0 amide bonds. The van der Waals surface area contributed by atoms with Gasteiger partial charge in [-0.2, -0.15) is 0 Å². The van der Waals surface area contributed by atoms with Gasteiger partial charge in [0.2, 0.25) is 0 Å². The first-order valence-electron chi connectivity index (χ1n) is 4.20. The van der Waals surface area contributed by atoms with Crippen molar-refractivity contribution >= 4 is 0 Å². The van der Waals surface area contributed by atoms with Crippen molar-refractivity contribution in [3.05, 3.63) is 0 Å². The van der Waals surface area contributed by atoms with E-state index in [0.717, 1.165) is 19.6 Å². The van der Waals surface area contributed by atoms with E-state index in [4.69, 9.17) is 15.2 Å². The van der Waals surface area contributed by atoms with E-state index in [1.165, 1.54) is 0 Å². The summed E-state index contributed by atoms with van der Waals surface area (Å²) in [6.45, 7) is 6.86. The second-order valence-corrected chi connectivity index (χ2v) is 2.48. The number of hydrogen-bond acceptors (Lipinski definition) is 3. The SMILES string of the molecule is CCOCC(C)OCCCN. The van der Waals surface area contributed by atoms with Crippen molar-refractivity contribution in [2.75, 3.05) is 26.4 Å². The average Bonchev–Trinajstić information content (AvgIpc) is 2.01. The topological polar surface area (TPSA) is 44.5 Å². The van der Waals surface area contributed by atoms with Crippen LogP contribution in [-0.4, -0.2) is 32.5 Å². The van der Waals surface area contributed by atoms with Gasteiger partial charge < -0.3 is 15.2 Å². The largest absolute Gasteiger partial charge is 0.379 e. The van der Waals surface area contributed by atoms with Gasteiger partial charge in [-0.05, 0) is 26.8 Å². The molecule has 0 aliphatic carbocycles. The van der Waals surface area contributed by atoms with Crippen LogP contribution in [0.5, 0.6) is 0 Å². The minimum atomic E-state index is 0.196. The van der Waals surface area contributed by atoms with E-state index >= 15 is 0 Å². The van der Waals surface area contributed by atoms with Crippen molar-refractivity contribution in [3.63, 3.8) is 0 Å². The van der Waals surface area contributed by atoms with Crippen LogP contribution in [0.25, 0.3) is 0 Å². The van der Waals surface area contributed by atoms with Crippen LogP contribution in [0.3, 0.4) is 0 Å². The van der Waals surface area contributed by atoms with Gasteiger partial charge in [-0.1, -0.05) is 0 Å². The lowest BCUT2D eigenvalue weighted by atomic mass is 10.4. The third kappa shape index (κ3) is 7.78. The molecule has 0 radical (unpaired) electrons. The highest BCUT2D eigenvalue weighted by atomic mass is 16.5. The van der Waals surface area contributed by atoms with Crippen LogP contribution in [0.15, 0.2) is 0 Å². The number of hydrogen-bond donors (Lipinski definition) is 1. The molecule has 0 rings (SSSR count). The Morgan fingerprint density at radius 3 is 2.73 bits per heavy atom. The summed E-state index contributed by atoms with van der Waals surface area (Å²) in [6.07, 6.45) is 1.12. The molecule has 0 saturated heterocycles. The standard InChI is InChI=1S/C8H19NO2/c1-3-10-7-8(2)11-6-4-5-9/h8H,3-7,9H2,1-2H3. The molecule has 0 fully saturated rings. The van der Waals surface area contributed by atoms with Gasteiger partial charge in [-0.3, -0.25) is 0 Å². The molecular formula is C8H19NO2. The maximum absolute atomic E-state index is 5.38. The van der Waals surface area contributed by atoms with E-state index in [1.54, 1.807) is 0 Å². The van der Waals surface area contributed by atoms with Crippen LogP contribution < -0.4 is 5.73 Å². The van der Waals surface area contributed by atoms with Crippen LogP contribution in [0, 0.1) is 0 Å². The molecule has 3 heteroatoms. The Morgan fingerprint density at radius 1 is 1.45 bits per heavy atom.